The van der Waals surface area contributed by atoms with E-state index >= 15 is 0 Å². The molecule has 0 aromatic carbocycles. The van der Waals surface area contributed by atoms with Gasteiger partial charge in [-0.05, 0) is 25.7 Å². The van der Waals surface area contributed by atoms with Crippen molar-refractivity contribution in [3.63, 3.8) is 0 Å². The summed E-state index contributed by atoms with van der Waals surface area (Å²) in [4.78, 5) is 25.7. The topological polar surface area (TPSA) is 87.1 Å². The number of nitrogens with zero attached hydrogens (tertiary/aromatic N) is 1. The summed E-state index contributed by atoms with van der Waals surface area (Å²) in [5.41, 5.74) is 0. The van der Waals surface area contributed by atoms with Crippen LogP contribution in [-0.4, -0.2) is 58.9 Å². The molecule has 1 saturated carbocycles. The van der Waals surface area contributed by atoms with Crippen molar-refractivity contribution < 1.29 is 24.5 Å². The fourth-order valence-electron chi connectivity index (χ4n) is 3.29. The highest BCUT2D eigenvalue weighted by Crippen LogP contribution is 2.38. The van der Waals surface area contributed by atoms with Crippen molar-refractivity contribution in [1.29, 1.82) is 0 Å². The number of hydrogen-bond acceptors (Lipinski definition) is 4. The zero-order valence-corrected chi connectivity index (χ0v) is 12.0. The standard InChI is InChI=1S/C14H23NO5/c1-8-3-11(12(4-8)14(18)19)13(17)15-5-10(6-16)20-7-9(15)2/h8-12,16H,3-7H2,1-2H3,(H,18,19)/t8?,9?,10?,11-,12+/m0/s1. The molecule has 0 radical (unpaired) electrons. The molecule has 20 heavy (non-hydrogen) atoms. The lowest BCUT2D eigenvalue weighted by atomic mass is 9.94. The van der Waals surface area contributed by atoms with E-state index < -0.39 is 17.8 Å². The normalized spacial score (nSPS) is 38.0. The molecule has 2 N–H and O–H groups in total. The second-order valence-electron chi connectivity index (χ2n) is 6.11. The molecular formula is C14H23NO5. The van der Waals surface area contributed by atoms with E-state index in [1.54, 1.807) is 4.90 Å². The summed E-state index contributed by atoms with van der Waals surface area (Å²) in [7, 11) is 0. The van der Waals surface area contributed by atoms with Gasteiger partial charge >= 0.3 is 5.97 Å². The van der Waals surface area contributed by atoms with Crippen molar-refractivity contribution in [3.05, 3.63) is 0 Å². The summed E-state index contributed by atoms with van der Waals surface area (Å²) in [5.74, 6) is -1.75. The maximum absolute atomic E-state index is 12.7. The van der Waals surface area contributed by atoms with Crippen molar-refractivity contribution in [1.82, 2.24) is 4.90 Å². The molecular weight excluding hydrogens is 262 g/mol. The van der Waals surface area contributed by atoms with Crippen LogP contribution in [0.15, 0.2) is 0 Å². The van der Waals surface area contributed by atoms with Gasteiger partial charge < -0.3 is 19.8 Å². The Morgan fingerprint density at radius 3 is 2.50 bits per heavy atom. The predicted molar refractivity (Wildman–Crippen MR) is 71.0 cm³/mol. The molecule has 1 aliphatic carbocycles. The van der Waals surface area contributed by atoms with Crippen LogP contribution >= 0.6 is 0 Å². The Morgan fingerprint density at radius 1 is 1.25 bits per heavy atom. The summed E-state index contributed by atoms with van der Waals surface area (Å²) in [5, 5.41) is 18.4. The summed E-state index contributed by atoms with van der Waals surface area (Å²) in [6.07, 6.45) is 0.828. The summed E-state index contributed by atoms with van der Waals surface area (Å²) < 4.78 is 5.42. The number of ether oxygens (including phenoxy) is 1. The van der Waals surface area contributed by atoms with E-state index in [2.05, 4.69) is 0 Å². The monoisotopic (exact) mass is 285 g/mol. The smallest absolute Gasteiger partial charge is 0.307 e. The van der Waals surface area contributed by atoms with E-state index in [1.807, 2.05) is 13.8 Å². The van der Waals surface area contributed by atoms with Gasteiger partial charge in [-0.3, -0.25) is 9.59 Å². The SMILES string of the molecule is CC1C[C@H](C(=O)N2CC(CO)OCC2C)[C@H](C(=O)O)C1. The number of hydrogen-bond donors (Lipinski definition) is 2. The molecule has 1 saturated heterocycles. The molecule has 6 nitrogen and oxygen atoms in total. The Balaban J connectivity index is 2.10. The van der Waals surface area contributed by atoms with Gasteiger partial charge in [0.05, 0.1) is 37.2 Å². The number of amides is 1. The molecule has 0 spiro atoms. The van der Waals surface area contributed by atoms with E-state index in [1.165, 1.54) is 0 Å². The van der Waals surface area contributed by atoms with Crippen molar-refractivity contribution in [2.24, 2.45) is 17.8 Å². The van der Waals surface area contributed by atoms with Crippen molar-refractivity contribution in [2.75, 3.05) is 19.8 Å². The van der Waals surface area contributed by atoms with Crippen LogP contribution in [0.5, 0.6) is 0 Å². The maximum Gasteiger partial charge on any atom is 0.307 e. The highest BCUT2D eigenvalue weighted by atomic mass is 16.5. The average Bonchev–Trinajstić information content (AvgIpc) is 2.81. The van der Waals surface area contributed by atoms with E-state index in [-0.39, 0.29) is 30.6 Å². The van der Waals surface area contributed by atoms with Gasteiger partial charge in [-0.1, -0.05) is 6.92 Å². The average molecular weight is 285 g/mol. The number of aliphatic carboxylic acids is 1. The van der Waals surface area contributed by atoms with E-state index in [0.29, 0.717) is 26.0 Å². The third-order valence-corrected chi connectivity index (χ3v) is 4.42. The fraction of sp³-hybridized carbons (Fsp3) is 0.857. The van der Waals surface area contributed by atoms with Crippen molar-refractivity contribution in [2.45, 2.75) is 38.8 Å². The van der Waals surface area contributed by atoms with Gasteiger partial charge in [-0.15, -0.1) is 0 Å². The molecule has 2 fully saturated rings. The quantitative estimate of drug-likeness (QED) is 0.781. The van der Waals surface area contributed by atoms with Crippen LogP contribution in [0.3, 0.4) is 0 Å². The van der Waals surface area contributed by atoms with Gasteiger partial charge in [0.15, 0.2) is 0 Å². The first kappa shape index (κ1) is 15.3. The van der Waals surface area contributed by atoms with Crippen LogP contribution in [0, 0.1) is 17.8 Å². The summed E-state index contributed by atoms with van der Waals surface area (Å²) in [6, 6.07) is -0.0735. The Labute approximate surface area is 118 Å². The van der Waals surface area contributed by atoms with Crippen LogP contribution < -0.4 is 0 Å². The van der Waals surface area contributed by atoms with Gasteiger partial charge in [-0.2, -0.15) is 0 Å². The Morgan fingerprint density at radius 2 is 1.90 bits per heavy atom. The molecule has 3 unspecified atom stereocenters. The molecule has 5 atom stereocenters. The van der Waals surface area contributed by atoms with Crippen LogP contribution in [0.4, 0.5) is 0 Å². The lowest BCUT2D eigenvalue weighted by Gasteiger charge is -2.39. The molecule has 0 bridgehead atoms. The third-order valence-electron chi connectivity index (χ3n) is 4.42. The Kier molecular flexibility index (Phi) is 4.65. The second kappa shape index (κ2) is 6.10. The first-order valence-electron chi connectivity index (χ1n) is 7.19. The highest BCUT2D eigenvalue weighted by Gasteiger charge is 2.44. The lowest BCUT2D eigenvalue weighted by Crippen LogP contribution is -2.54. The zero-order valence-electron chi connectivity index (χ0n) is 12.0. The third kappa shape index (κ3) is 2.96. The Hall–Kier alpha value is -1.14. The van der Waals surface area contributed by atoms with E-state index in [4.69, 9.17) is 9.84 Å². The number of morpholine rings is 1. The molecule has 0 aromatic rings. The first-order valence-corrected chi connectivity index (χ1v) is 7.19. The minimum atomic E-state index is -0.882. The van der Waals surface area contributed by atoms with Gasteiger partial charge in [0.2, 0.25) is 5.91 Å². The van der Waals surface area contributed by atoms with Gasteiger partial charge in [0.25, 0.3) is 0 Å². The molecule has 0 aromatic heterocycles. The molecule has 1 heterocycles. The number of carboxylic acid groups (broad SMARTS) is 1. The van der Waals surface area contributed by atoms with Gasteiger partial charge in [0, 0.05) is 6.54 Å². The first-order chi connectivity index (χ1) is 9.43. The van der Waals surface area contributed by atoms with Crippen molar-refractivity contribution in [3.8, 4) is 0 Å². The molecule has 2 aliphatic rings. The maximum atomic E-state index is 12.7. The number of carbonyl (C=O) groups is 2. The zero-order chi connectivity index (χ0) is 14.9. The summed E-state index contributed by atoms with van der Waals surface area (Å²) in [6.45, 7) is 4.48. The molecule has 1 aliphatic heterocycles. The lowest BCUT2D eigenvalue weighted by molar-refractivity contribution is -0.156. The number of rotatable bonds is 3. The largest absolute Gasteiger partial charge is 0.481 e. The number of aliphatic hydroxyl groups is 1. The van der Waals surface area contributed by atoms with Crippen LogP contribution in [0.25, 0.3) is 0 Å². The molecule has 1 amide bonds. The number of carboxylic acids is 1. The minimum Gasteiger partial charge on any atom is -0.481 e. The number of carbonyl (C=O) groups excluding carboxylic acids is 1. The summed E-state index contributed by atoms with van der Waals surface area (Å²) >= 11 is 0. The van der Waals surface area contributed by atoms with Crippen LogP contribution in [-0.2, 0) is 14.3 Å². The van der Waals surface area contributed by atoms with Gasteiger partial charge in [-0.25, -0.2) is 0 Å². The van der Waals surface area contributed by atoms with Gasteiger partial charge in [0.1, 0.15) is 0 Å². The van der Waals surface area contributed by atoms with E-state index in [0.717, 1.165) is 0 Å². The molecule has 2 rings (SSSR count). The fourth-order valence-corrected chi connectivity index (χ4v) is 3.29. The highest BCUT2D eigenvalue weighted by molar-refractivity contribution is 5.85. The second-order valence-corrected chi connectivity index (χ2v) is 6.11. The van der Waals surface area contributed by atoms with Crippen molar-refractivity contribution >= 4 is 11.9 Å². The van der Waals surface area contributed by atoms with Crippen LogP contribution in [0.2, 0.25) is 0 Å². The Bertz CT molecular complexity index is 386. The van der Waals surface area contributed by atoms with Crippen LogP contribution in [0.1, 0.15) is 26.7 Å². The number of aliphatic hydroxyl groups excluding tert-OH is 1. The predicted octanol–water partition coefficient (Wildman–Crippen LogP) is 0.342. The van der Waals surface area contributed by atoms with E-state index in [9.17, 15) is 14.7 Å². The molecule has 114 valence electrons. The molecule has 6 heteroatoms. The minimum absolute atomic E-state index is 0.0735.